The highest BCUT2D eigenvalue weighted by Gasteiger charge is 2.30. The van der Waals surface area contributed by atoms with E-state index < -0.39 is 16.0 Å². The van der Waals surface area contributed by atoms with E-state index in [1.54, 1.807) is 6.07 Å². The summed E-state index contributed by atoms with van der Waals surface area (Å²) in [7, 11) is -0.648. The maximum absolute atomic E-state index is 12.4. The minimum Gasteiger partial charge on any atom is -0.492 e. The number of anilines is 2. The molecule has 1 aromatic carbocycles. The van der Waals surface area contributed by atoms with Gasteiger partial charge in [-0.2, -0.15) is 0 Å². The third-order valence-electron chi connectivity index (χ3n) is 3.68. The van der Waals surface area contributed by atoms with Gasteiger partial charge in [0.2, 0.25) is 10.0 Å². The Labute approximate surface area is 136 Å². The number of esters is 1. The Balaban J connectivity index is 2.63. The largest absolute Gasteiger partial charge is 0.492 e. The van der Waals surface area contributed by atoms with Crippen LogP contribution in [0, 0.1) is 0 Å². The second kappa shape index (κ2) is 7.08. The molecule has 0 radical (unpaired) electrons. The van der Waals surface area contributed by atoms with Gasteiger partial charge in [-0.25, -0.2) is 13.2 Å². The third-order valence-corrected chi connectivity index (χ3v) is 5.54. The van der Waals surface area contributed by atoms with Crippen LogP contribution in [0.25, 0.3) is 0 Å². The van der Waals surface area contributed by atoms with Crippen molar-refractivity contribution in [3.63, 3.8) is 0 Å². The molecular formula is C15H22N2O5S. The first kappa shape index (κ1) is 17.4. The lowest BCUT2D eigenvalue weighted by Gasteiger charge is -2.30. The van der Waals surface area contributed by atoms with Gasteiger partial charge in [0.25, 0.3) is 0 Å². The zero-order valence-electron chi connectivity index (χ0n) is 13.6. The maximum atomic E-state index is 12.4. The topological polar surface area (TPSA) is 84.9 Å². The van der Waals surface area contributed by atoms with Gasteiger partial charge in [0.05, 0.1) is 36.9 Å². The van der Waals surface area contributed by atoms with Crippen LogP contribution in [0.1, 0.15) is 30.1 Å². The number of carbonyl (C=O) groups is 1. The van der Waals surface area contributed by atoms with Crippen LogP contribution in [0.2, 0.25) is 0 Å². The Morgan fingerprint density at radius 2 is 2.04 bits per heavy atom. The molecule has 0 amide bonds. The molecule has 128 valence electrons. The fraction of sp³-hybridized carbons (Fsp3) is 0.533. The van der Waals surface area contributed by atoms with Gasteiger partial charge in [0.15, 0.2) is 5.75 Å². The molecule has 0 aromatic heterocycles. The molecule has 23 heavy (non-hydrogen) atoms. The highest BCUT2D eigenvalue weighted by Crippen LogP contribution is 2.40. The molecule has 2 rings (SSSR count). The molecule has 1 heterocycles. The Bertz CT molecular complexity index is 687. The Morgan fingerprint density at radius 1 is 1.30 bits per heavy atom. The standard InChI is InChI=1S/C15H22N2O5S/c1-4-16-12-9-11(15(18)22-3)10-13(14(12)21-2)17-7-5-6-8-23(17,19)20/h9-10,16H,4-8H2,1-3H3. The summed E-state index contributed by atoms with van der Waals surface area (Å²) in [4.78, 5) is 11.9. The number of hydrogen-bond acceptors (Lipinski definition) is 6. The van der Waals surface area contributed by atoms with Crippen molar-refractivity contribution in [2.75, 3.05) is 42.7 Å². The van der Waals surface area contributed by atoms with Crippen molar-refractivity contribution in [1.29, 1.82) is 0 Å². The summed E-state index contributed by atoms with van der Waals surface area (Å²) in [5, 5.41) is 3.10. The Hall–Kier alpha value is -1.96. The number of sulfonamides is 1. The van der Waals surface area contributed by atoms with Gasteiger partial charge in [-0.1, -0.05) is 0 Å². The van der Waals surface area contributed by atoms with E-state index in [2.05, 4.69) is 5.32 Å². The third kappa shape index (κ3) is 3.52. The van der Waals surface area contributed by atoms with Crippen LogP contribution in [0.15, 0.2) is 12.1 Å². The maximum Gasteiger partial charge on any atom is 0.338 e. The number of carbonyl (C=O) groups excluding carboxylic acids is 1. The van der Waals surface area contributed by atoms with Crippen molar-refractivity contribution in [2.45, 2.75) is 19.8 Å². The lowest BCUT2D eigenvalue weighted by atomic mass is 10.1. The molecule has 7 nitrogen and oxygen atoms in total. The lowest BCUT2D eigenvalue weighted by molar-refractivity contribution is 0.0601. The summed E-state index contributed by atoms with van der Waals surface area (Å²) >= 11 is 0. The van der Waals surface area contributed by atoms with E-state index in [4.69, 9.17) is 9.47 Å². The molecular weight excluding hydrogens is 320 g/mol. The first-order valence-corrected chi connectivity index (χ1v) is 9.10. The molecule has 0 unspecified atom stereocenters. The zero-order chi connectivity index (χ0) is 17.0. The number of rotatable bonds is 5. The second-order valence-electron chi connectivity index (χ2n) is 5.19. The Morgan fingerprint density at radius 3 is 2.61 bits per heavy atom. The molecule has 1 N–H and O–H groups in total. The van der Waals surface area contributed by atoms with Crippen LogP contribution >= 0.6 is 0 Å². The van der Waals surface area contributed by atoms with Crippen LogP contribution in [-0.4, -0.2) is 47.4 Å². The van der Waals surface area contributed by atoms with Crippen LogP contribution in [-0.2, 0) is 14.8 Å². The molecule has 8 heteroatoms. The molecule has 1 saturated heterocycles. The summed E-state index contributed by atoms with van der Waals surface area (Å²) in [6, 6.07) is 3.11. The number of methoxy groups -OCH3 is 2. The average molecular weight is 342 g/mol. The molecule has 0 aliphatic carbocycles. The van der Waals surface area contributed by atoms with E-state index in [0.717, 1.165) is 6.42 Å². The minimum atomic E-state index is -3.42. The number of hydrogen-bond donors (Lipinski definition) is 1. The van der Waals surface area contributed by atoms with Crippen LogP contribution < -0.4 is 14.4 Å². The van der Waals surface area contributed by atoms with E-state index in [9.17, 15) is 13.2 Å². The van der Waals surface area contributed by atoms with Crippen molar-refractivity contribution >= 4 is 27.4 Å². The predicted molar refractivity (Wildman–Crippen MR) is 88.9 cm³/mol. The average Bonchev–Trinajstić information content (AvgIpc) is 2.53. The van der Waals surface area contributed by atoms with Crippen molar-refractivity contribution in [3.8, 4) is 5.75 Å². The second-order valence-corrected chi connectivity index (χ2v) is 7.21. The van der Waals surface area contributed by atoms with Crippen molar-refractivity contribution < 1.29 is 22.7 Å². The van der Waals surface area contributed by atoms with E-state index in [1.165, 1.54) is 24.6 Å². The summed E-state index contributed by atoms with van der Waals surface area (Å²) in [6.45, 7) is 2.88. The van der Waals surface area contributed by atoms with E-state index >= 15 is 0 Å². The molecule has 0 spiro atoms. The zero-order valence-corrected chi connectivity index (χ0v) is 14.4. The van der Waals surface area contributed by atoms with Gasteiger partial charge in [0, 0.05) is 13.1 Å². The first-order chi connectivity index (χ1) is 10.9. The van der Waals surface area contributed by atoms with Crippen LogP contribution in [0.4, 0.5) is 11.4 Å². The molecule has 1 aromatic rings. The summed E-state index contributed by atoms with van der Waals surface area (Å²) in [6.07, 6.45) is 1.40. The summed E-state index contributed by atoms with van der Waals surface area (Å²) in [5.41, 5.74) is 1.21. The fourth-order valence-corrected chi connectivity index (χ4v) is 4.26. The summed E-state index contributed by atoms with van der Waals surface area (Å²) < 4.78 is 36.3. The predicted octanol–water partition coefficient (Wildman–Crippen LogP) is 1.84. The normalized spacial score (nSPS) is 16.7. The van der Waals surface area contributed by atoms with Crippen molar-refractivity contribution in [1.82, 2.24) is 0 Å². The molecule has 0 atom stereocenters. The van der Waals surface area contributed by atoms with Crippen LogP contribution in [0.3, 0.4) is 0 Å². The number of nitrogens with one attached hydrogen (secondary N) is 1. The fourth-order valence-electron chi connectivity index (χ4n) is 2.63. The lowest BCUT2D eigenvalue weighted by Crippen LogP contribution is -2.38. The van der Waals surface area contributed by atoms with E-state index in [0.29, 0.717) is 36.6 Å². The molecule has 1 aliphatic heterocycles. The monoisotopic (exact) mass is 342 g/mol. The SMILES string of the molecule is CCNc1cc(C(=O)OC)cc(N2CCCCS2(=O)=O)c1OC. The van der Waals surface area contributed by atoms with Gasteiger partial charge >= 0.3 is 5.97 Å². The number of ether oxygens (including phenoxy) is 2. The van der Waals surface area contributed by atoms with Crippen molar-refractivity contribution in [3.05, 3.63) is 17.7 Å². The quantitative estimate of drug-likeness (QED) is 0.822. The van der Waals surface area contributed by atoms with Gasteiger partial charge in [-0.05, 0) is 31.9 Å². The van der Waals surface area contributed by atoms with Gasteiger partial charge in [-0.3, -0.25) is 4.31 Å². The molecule has 0 bridgehead atoms. The first-order valence-electron chi connectivity index (χ1n) is 7.49. The minimum absolute atomic E-state index is 0.0924. The molecule has 0 saturated carbocycles. The van der Waals surface area contributed by atoms with Crippen molar-refractivity contribution in [2.24, 2.45) is 0 Å². The molecule has 1 aliphatic rings. The number of nitrogens with zero attached hydrogens (tertiary/aromatic N) is 1. The summed E-state index contributed by atoms with van der Waals surface area (Å²) in [5.74, 6) is -0.0257. The van der Waals surface area contributed by atoms with E-state index in [-0.39, 0.29) is 11.3 Å². The van der Waals surface area contributed by atoms with E-state index in [1.807, 2.05) is 6.92 Å². The Kier molecular flexibility index (Phi) is 5.35. The highest BCUT2D eigenvalue weighted by atomic mass is 32.2. The molecule has 1 fully saturated rings. The van der Waals surface area contributed by atoms with Gasteiger partial charge in [0.1, 0.15) is 0 Å². The smallest absolute Gasteiger partial charge is 0.338 e. The van der Waals surface area contributed by atoms with Gasteiger partial charge < -0.3 is 14.8 Å². The van der Waals surface area contributed by atoms with Crippen LogP contribution in [0.5, 0.6) is 5.75 Å². The highest BCUT2D eigenvalue weighted by molar-refractivity contribution is 7.92. The number of benzene rings is 1. The van der Waals surface area contributed by atoms with Gasteiger partial charge in [-0.15, -0.1) is 0 Å².